The van der Waals surface area contributed by atoms with Crippen molar-refractivity contribution in [3.05, 3.63) is 12.2 Å². The molecule has 0 N–H and O–H groups in total. The standard InChI is InChI=1S/C10H15N3O/c1-2-13-10(11-7-12-13)6-8-4-3-5-9(8)14/h7-8H,2-6H2,1H3. The molecule has 1 aliphatic carbocycles. The molecule has 0 saturated heterocycles. The van der Waals surface area contributed by atoms with Crippen LogP contribution in [0, 0.1) is 5.92 Å². The first-order valence-corrected chi connectivity index (χ1v) is 5.20. The molecule has 0 aromatic carbocycles. The van der Waals surface area contributed by atoms with Crippen molar-refractivity contribution in [2.24, 2.45) is 5.92 Å². The highest BCUT2D eigenvalue weighted by molar-refractivity contribution is 5.82. The van der Waals surface area contributed by atoms with Crippen molar-refractivity contribution in [3.63, 3.8) is 0 Å². The molecule has 0 bridgehead atoms. The summed E-state index contributed by atoms with van der Waals surface area (Å²) in [7, 11) is 0. The van der Waals surface area contributed by atoms with E-state index in [0.717, 1.165) is 38.1 Å². The van der Waals surface area contributed by atoms with E-state index in [1.54, 1.807) is 6.33 Å². The number of Topliss-reactive ketones (excluding diaryl/α,β-unsaturated/α-hetero) is 1. The number of aromatic nitrogens is 3. The van der Waals surface area contributed by atoms with Gasteiger partial charge in [0.15, 0.2) is 0 Å². The van der Waals surface area contributed by atoms with E-state index < -0.39 is 0 Å². The summed E-state index contributed by atoms with van der Waals surface area (Å²) >= 11 is 0. The minimum Gasteiger partial charge on any atom is -0.299 e. The second kappa shape index (κ2) is 3.90. The van der Waals surface area contributed by atoms with E-state index in [1.807, 2.05) is 11.6 Å². The largest absolute Gasteiger partial charge is 0.299 e. The first kappa shape index (κ1) is 9.37. The Kier molecular flexibility index (Phi) is 2.61. The average molecular weight is 193 g/mol. The summed E-state index contributed by atoms with van der Waals surface area (Å²) < 4.78 is 1.87. The van der Waals surface area contributed by atoms with Crippen molar-refractivity contribution in [2.75, 3.05) is 0 Å². The molecular formula is C10H15N3O. The predicted molar refractivity (Wildman–Crippen MR) is 51.7 cm³/mol. The van der Waals surface area contributed by atoms with Gasteiger partial charge in [0, 0.05) is 25.3 Å². The fourth-order valence-corrected chi connectivity index (χ4v) is 2.03. The van der Waals surface area contributed by atoms with Crippen molar-refractivity contribution < 1.29 is 4.79 Å². The molecule has 14 heavy (non-hydrogen) atoms. The zero-order valence-corrected chi connectivity index (χ0v) is 8.44. The van der Waals surface area contributed by atoms with Gasteiger partial charge in [-0.2, -0.15) is 5.10 Å². The lowest BCUT2D eigenvalue weighted by atomic mass is 10.0. The van der Waals surface area contributed by atoms with Crippen LogP contribution in [0.2, 0.25) is 0 Å². The number of aryl methyl sites for hydroxylation is 1. The van der Waals surface area contributed by atoms with Crippen molar-refractivity contribution in [2.45, 2.75) is 39.2 Å². The molecule has 76 valence electrons. The van der Waals surface area contributed by atoms with E-state index in [9.17, 15) is 4.79 Å². The zero-order chi connectivity index (χ0) is 9.97. The van der Waals surface area contributed by atoms with Gasteiger partial charge < -0.3 is 0 Å². The van der Waals surface area contributed by atoms with E-state index >= 15 is 0 Å². The third-order valence-electron chi connectivity index (χ3n) is 2.86. The molecule has 0 aliphatic heterocycles. The minimum atomic E-state index is 0.199. The third kappa shape index (κ3) is 1.69. The highest BCUT2D eigenvalue weighted by Crippen LogP contribution is 2.24. The molecule has 0 amide bonds. The molecule has 1 saturated carbocycles. The Morgan fingerprint density at radius 1 is 1.64 bits per heavy atom. The van der Waals surface area contributed by atoms with Crippen molar-refractivity contribution >= 4 is 5.78 Å². The quantitative estimate of drug-likeness (QED) is 0.725. The molecule has 1 aromatic heterocycles. The van der Waals surface area contributed by atoms with Crippen LogP contribution in [-0.4, -0.2) is 20.5 Å². The molecule has 1 fully saturated rings. The smallest absolute Gasteiger partial charge is 0.138 e. The van der Waals surface area contributed by atoms with E-state index in [4.69, 9.17) is 0 Å². The van der Waals surface area contributed by atoms with Gasteiger partial charge >= 0.3 is 0 Å². The third-order valence-corrected chi connectivity index (χ3v) is 2.86. The Morgan fingerprint density at radius 3 is 3.14 bits per heavy atom. The number of carbonyl (C=O) groups is 1. The maximum Gasteiger partial charge on any atom is 0.138 e. The van der Waals surface area contributed by atoms with E-state index in [1.165, 1.54) is 0 Å². The van der Waals surface area contributed by atoms with Gasteiger partial charge in [0.2, 0.25) is 0 Å². The summed E-state index contributed by atoms with van der Waals surface area (Å²) in [5, 5.41) is 4.10. The molecular weight excluding hydrogens is 178 g/mol. The fourth-order valence-electron chi connectivity index (χ4n) is 2.03. The molecule has 4 heteroatoms. The van der Waals surface area contributed by atoms with Gasteiger partial charge in [-0.1, -0.05) is 0 Å². The molecule has 1 aromatic rings. The van der Waals surface area contributed by atoms with Gasteiger partial charge in [0.05, 0.1) is 0 Å². The molecule has 1 heterocycles. The van der Waals surface area contributed by atoms with Gasteiger partial charge in [0.25, 0.3) is 0 Å². The average Bonchev–Trinajstić information content (AvgIpc) is 2.77. The highest BCUT2D eigenvalue weighted by atomic mass is 16.1. The normalized spacial score (nSPS) is 21.8. The van der Waals surface area contributed by atoms with Crippen LogP contribution >= 0.6 is 0 Å². The van der Waals surface area contributed by atoms with Crippen molar-refractivity contribution in [3.8, 4) is 0 Å². The lowest BCUT2D eigenvalue weighted by Gasteiger charge is -2.07. The van der Waals surface area contributed by atoms with Gasteiger partial charge in [-0.15, -0.1) is 0 Å². The van der Waals surface area contributed by atoms with Crippen LogP contribution in [0.3, 0.4) is 0 Å². The number of rotatable bonds is 3. The Bertz CT molecular complexity index is 332. The van der Waals surface area contributed by atoms with Crippen molar-refractivity contribution in [1.82, 2.24) is 14.8 Å². The molecule has 1 aliphatic rings. The van der Waals surface area contributed by atoms with E-state index in [-0.39, 0.29) is 5.92 Å². The SMILES string of the molecule is CCn1ncnc1CC1CCCC1=O. The molecule has 1 atom stereocenters. The zero-order valence-electron chi connectivity index (χ0n) is 8.44. The van der Waals surface area contributed by atoms with Crippen molar-refractivity contribution in [1.29, 1.82) is 0 Å². The van der Waals surface area contributed by atoms with Crippen LogP contribution in [0.5, 0.6) is 0 Å². The van der Waals surface area contributed by atoms with Crippen LogP contribution in [0.15, 0.2) is 6.33 Å². The Labute approximate surface area is 83.3 Å². The molecule has 2 rings (SSSR count). The highest BCUT2D eigenvalue weighted by Gasteiger charge is 2.25. The summed E-state index contributed by atoms with van der Waals surface area (Å²) in [6.07, 6.45) is 5.16. The fraction of sp³-hybridized carbons (Fsp3) is 0.700. The van der Waals surface area contributed by atoms with E-state index in [2.05, 4.69) is 10.1 Å². The molecule has 4 nitrogen and oxygen atoms in total. The van der Waals surface area contributed by atoms with Gasteiger partial charge in [-0.3, -0.25) is 9.48 Å². The summed E-state index contributed by atoms with van der Waals surface area (Å²) in [4.78, 5) is 15.6. The maximum atomic E-state index is 11.4. The van der Waals surface area contributed by atoms with Crippen LogP contribution in [0.1, 0.15) is 32.0 Å². The molecule has 0 spiro atoms. The topological polar surface area (TPSA) is 47.8 Å². The summed E-state index contributed by atoms with van der Waals surface area (Å²) in [5.41, 5.74) is 0. The number of carbonyl (C=O) groups excluding carboxylic acids is 1. The lowest BCUT2D eigenvalue weighted by Crippen LogP contribution is -2.14. The van der Waals surface area contributed by atoms with Crippen LogP contribution in [0.25, 0.3) is 0 Å². The van der Waals surface area contributed by atoms with Gasteiger partial charge in [-0.25, -0.2) is 4.98 Å². The monoisotopic (exact) mass is 193 g/mol. The Hall–Kier alpha value is -1.19. The lowest BCUT2D eigenvalue weighted by molar-refractivity contribution is -0.120. The maximum absolute atomic E-state index is 11.4. The summed E-state index contributed by atoms with van der Waals surface area (Å²) in [6, 6.07) is 0. The number of ketones is 1. The van der Waals surface area contributed by atoms with Gasteiger partial charge in [0.1, 0.15) is 17.9 Å². The number of nitrogens with zero attached hydrogens (tertiary/aromatic N) is 3. The number of hydrogen-bond acceptors (Lipinski definition) is 3. The summed E-state index contributed by atoms with van der Waals surface area (Å²) in [6.45, 7) is 2.87. The Morgan fingerprint density at radius 2 is 2.50 bits per heavy atom. The molecule has 1 unspecified atom stereocenters. The predicted octanol–water partition coefficient (Wildman–Crippen LogP) is 1.21. The second-order valence-corrected chi connectivity index (χ2v) is 3.75. The Balaban J connectivity index is 2.06. The van der Waals surface area contributed by atoms with Crippen LogP contribution in [-0.2, 0) is 17.8 Å². The molecule has 0 radical (unpaired) electrons. The summed E-state index contributed by atoms with van der Waals surface area (Å²) in [5.74, 6) is 1.55. The number of hydrogen-bond donors (Lipinski definition) is 0. The van der Waals surface area contributed by atoms with E-state index in [0.29, 0.717) is 5.78 Å². The second-order valence-electron chi connectivity index (χ2n) is 3.75. The first-order valence-electron chi connectivity index (χ1n) is 5.20. The minimum absolute atomic E-state index is 0.199. The van der Waals surface area contributed by atoms with Crippen LogP contribution < -0.4 is 0 Å². The van der Waals surface area contributed by atoms with Gasteiger partial charge in [-0.05, 0) is 19.8 Å². The first-order chi connectivity index (χ1) is 6.81. The van der Waals surface area contributed by atoms with Crippen LogP contribution in [0.4, 0.5) is 0 Å².